The maximum Gasteiger partial charge on any atom is 0.266 e. The first-order valence-electron chi connectivity index (χ1n) is 10.2. The number of para-hydroxylation sites is 1. The van der Waals surface area contributed by atoms with Gasteiger partial charge in [-0.2, -0.15) is 5.26 Å². The number of ether oxygens (including phenoxy) is 2. The third-order valence-electron chi connectivity index (χ3n) is 4.76. The Morgan fingerprint density at radius 2 is 1.79 bits per heavy atom. The molecule has 0 atom stereocenters. The molecule has 0 aromatic heterocycles. The Morgan fingerprint density at radius 1 is 1.06 bits per heavy atom. The van der Waals surface area contributed by atoms with E-state index >= 15 is 0 Å². The fraction of sp³-hybridized carbons (Fsp3) is 0.115. The van der Waals surface area contributed by atoms with Gasteiger partial charge in [-0.15, -0.1) is 0 Å². The van der Waals surface area contributed by atoms with Crippen LogP contribution in [0.3, 0.4) is 0 Å². The molecule has 8 heteroatoms. The zero-order chi connectivity index (χ0) is 24.5. The molecule has 0 fully saturated rings. The maximum atomic E-state index is 12.7. The summed E-state index contributed by atoms with van der Waals surface area (Å²) < 4.78 is 11.5. The van der Waals surface area contributed by atoms with E-state index in [-0.39, 0.29) is 18.1 Å². The largest absolute Gasteiger partial charge is 0.497 e. The Balaban J connectivity index is 1.73. The van der Waals surface area contributed by atoms with Crippen molar-refractivity contribution in [1.82, 2.24) is 0 Å². The van der Waals surface area contributed by atoms with Crippen LogP contribution in [0.15, 0.2) is 76.8 Å². The van der Waals surface area contributed by atoms with Gasteiger partial charge in [-0.3, -0.25) is 9.59 Å². The third kappa shape index (κ3) is 6.70. The van der Waals surface area contributed by atoms with Crippen molar-refractivity contribution in [3.63, 3.8) is 0 Å². The minimum atomic E-state index is -0.542. The summed E-state index contributed by atoms with van der Waals surface area (Å²) in [6.07, 6.45) is 1.43. The maximum absolute atomic E-state index is 12.7. The number of amides is 2. The zero-order valence-corrected chi connectivity index (χ0v) is 20.2. The van der Waals surface area contributed by atoms with Gasteiger partial charge in [-0.05, 0) is 67.1 Å². The lowest BCUT2D eigenvalue weighted by Crippen LogP contribution is -2.20. The SMILES string of the molecule is COc1ccc(NC(=O)COc2ccc(Br)cc2/C=C(/C#N)C(=O)Nc2ccccc2C)cc1. The lowest BCUT2D eigenvalue weighted by atomic mass is 10.1. The highest BCUT2D eigenvalue weighted by Gasteiger charge is 2.14. The van der Waals surface area contributed by atoms with Gasteiger partial charge >= 0.3 is 0 Å². The second-order valence-corrected chi connectivity index (χ2v) is 8.10. The average molecular weight is 520 g/mol. The van der Waals surface area contributed by atoms with Crippen molar-refractivity contribution in [3.05, 3.63) is 87.9 Å². The van der Waals surface area contributed by atoms with Gasteiger partial charge in [0.1, 0.15) is 23.1 Å². The molecular formula is C26H22BrN3O4. The molecule has 34 heavy (non-hydrogen) atoms. The summed E-state index contributed by atoms with van der Waals surface area (Å²) in [5, 5.41) is 15.1. The van der Waals surface area contributed by atoms with E-state index in [4.69, 9.17) is 9.47 Å². The van der Waals surface area contributed by atoms with Crippen LogP contribution in [0.4, 0.5) is 11.4 Å². The van der Waals surface area contributed by atoms with Crippen molar-refractivity contribution in [2.75, 3.05) is 24.4 Å². The summed E-state index contributed by atoms with van der Waals surface area (Å²) in [5.41, 5.74) is 2.47. The highest BCUT2D eigenvalue weighted by molar-refractivity contribution is 9.10. The lowest BCUT2D eigenvalue weighted by Gasteiger charge is -2.11. The van der Waals surface area contributed by atoms with Gasteiger partial charge in [0.25, 0.3) is 11.8 Å². The van der Waals surface area contributed by atoms with Gasteiger partial charge in [0.2, 0.25) is 0 Å². The van der Waals surface area contributed by atoms with Gasteiger partial charge in [-0.1, -0.05) is 34.1 Å². The van der Waals surface area contributed by atoms with Crippen molar-refractivity contribution in [3.8, 4) is 17.6 Å². The topological polar surface area (TPSA) is 100 Å². The predicted octanol–water partition coefficient (Wildman–Crippen LogP) is 5.33. The number of nitriles is 1. The lowest BCUT2D eigenvalue weighted by molar-refractivity contribution is -0.118. The standard InChI is InChI=1S/C26H22BrN3O4/c1-17-5-3-4-6-23(17)30-26(32)19(15-28)13-18-14-20(27)7-12-24(18)34-16-25(31)29-21-8-10-22(33-2)11-9-21/h3-14H,16H2,1-2H3,(H,29,31)(H,30,32)/b19-13-. The third-order valence-corrected chi connectivity index (χ3v) is 5.26. The summed E-state index contributed by atoms with van der Waals surface area (Å²) in [7, 11) is 1.57. The number of carbonyl (C=O) groups is 2. The Labute approximate surface area is 206 Å². The van der Waals surface area contributed by atoms with Crippen LogP contribution < -0.4 is 20.1 Å². The molecule has 0 aliphatic heterocycles. The number of aryl methyl sites for hydroxylation is 1. The molecule has 2 amide bonds. The molecule has 0 aliphatic rings. The highest BCUT2D eigenvalue weighted by Crippen LogP contribution is 2.26. The minimum Gasteiger partial charge on any atom is -0.497 e. The number of nitrogens with zero attached hydrogens (tertiary/aromatic N) is 1. The number of halogens is 1. The van der Waals surface area contributed by atoms with E-state index in [0.29, 0.717) is 28.4 Å². The predicted molar refractivity (Wildman–Crippen MR) is 135 cm³/mol. The molecule has 3 aromatic carbocycles. The first-order chi connectivity index (χ1) is 16.4. The van der Waals surface area contributed by atoms with E-state index in [1.807, 2.05) is 25.1 Å². The summed E-state index contributed by atoms with van der Waals surface area (Å²) >= 11 is 3.39. The van der Waals surface area contributed by atoms with Crippen LogP contribution in [0.25, 0.3) is 6.08 Å². The van der Waals surface area contributed by atoms with Crippen molar-refractivity contribution >= 4 is 45.2 Å². The fourth-order valence-electron chi connectivity index (χ4n) is 2.99. The van der Waals surface area contributed by atoms with Gasteiger partial charge in [-0.25, -0.2) is 0 Å². The summed E-state index contributed by atoms with van der Waals surface area (Å²) in [5.74, 6) is 0.130. The fourth-order valence-corrected chi connectivity index (χ4v) is 3.36. The number of methoxy groups -OCH3 is 1. The number of hydrogen-bond donors (Lipinski definition) is 2. The van der Waals surface area contributed by atoms with Crippen LogP contribution in [0, 0.1) is 18.3 Å². The van der Waals surface area contributed by atoms with E-state index in [2.05, 4.69) is 26.6 Å². The minimum absolute atomic E-state index is 0.103. The molecular weight excluding hydrogens is 498 g/mol. The van der Waals surface area contributed by atoms with Gasteiger partial charge < -0.3 is 20.1 Å². The van der Waals surface area contributed by atoms with Crippen molar-refractivity contribution in [1.29, 1.82) is 5.26 Å². The molecule has 0 spiro atoms. The van der Waals surface area contributed by atoms with Crippen LogP contribution in [-0.4, -0.2) is 25.5 Å². The quantitative estimate of drug-likeness (QED) is 0.309. The van der Waals surface area contributed by atoms with Crippen LogP contribution in [0.1, 0.15) is 11.1 Å². The molecule has 3 rings (SSSR count). The van der Waals surface area contributed by atoms with Crippen LogP contribution >= 0.6 is 15.9 Å². The number of benzene rings is 3. The Morgan fingerprint density at radius 3 is 2.47 bits per heavy atom. The number of nitrogens with one attached hydrogen (secondary N) is 2. The van der Waals surface area contributed by atoms with E-state index in [1.54, 1.807) is 61.7 Å². The van der Waals surface area contributed by atoms with E-state index in [9.17, 15) is 14.9 Å². The van der Waals surface area contributed by atoms with Crippen LogP contribution in [0.2, 0.25) is 0 Å². The number of hydrogen-bond acceptors (Lipinski definition) is 5. The molecule has 0 saturated carbocycles. The first kappa shape index (κ1) is 24.6. The highest BCUT2D eigenvalue weighted by atomic mass is 79.9. The Hall–Kier alpha value is -4.09. The molecule has 172 valence electrons. The molecule has 0 heterocycles. The normalized spacial score (nSPS) is 10.7. The molecule has 0 radical (unpaired) electrons. The summed E-state index contributed by atoms with van der Waals surface area (Å²) in [4.78, 5) is 25.0. The smallest absolute Gasteiger partial charge is 0.266 e. The Bertz CT molecular complexity index is 1260. The second-order valence-electron chi connectivity index (χ2n) is 7.19. The summed E-state index contributed by atoms with van der Waals surface area (Å²) in [6.45, 7) is 1.61. The molecule has 2 N–H and O–H groups in total. The monoisotopic (exact) mass is 519 g/mol. The molecule has 3 aromatic rings. The first-order valence-corrected chi connectivity index (χ1v) is 11.0. The van der Waals surface area contributed by atoms with Crippen LogP contribution in [-0.2, 0) is 9.59 Å². The van der Waals surface area contributed by atoms with E-state index < -0.39 is 5.91 Å². The number of rotatable bonds is 8. The molecule has 0 saturated heterocycles. The van der Waals surface area contributed by atoms with Crippen molar-refractivity contribution in [2.24, 2.45) is 0 Å². The molecule has 0 bridgehead atoms. The van der Waals surface area contributed by atoms with Gasteiger partial charge in [0.15, 0.2) is 6.61 Å². The van der Waals surface area contributed by atoms with Crippen molar-refractivity contribution in [2.45, 2.75) is 6.92 Å². The average Bonchev–Trinajstić information content (AvgIpc) is 2.83. The molecule has 0 aliphatic carbocycles. The Kier molecular flexibility index (Phi) is 8.43. The molecule has 7 nitrogen and oxygen atoms in total. The van der Waals surface area contributed by atoms with E-state index in [0.717, 1.165) is 10.0 Å². The number of anilines is 2. The second kappa shape index (κ2) is 11.7. The molecule has 0 unspecified atom stereocenters. The van der Waals surface area contributed by atoms with Crippen LogP contribution in [0.5, 0.6) is 11.5 Å². The van der Waals surface area contributed by atoms with Gasteiger partial charge in [0.05, 0.1) is 7.11 Å². The van der Waals surface area contributed by atoms with Gasteiger partial charge in [0, 0.05) is 21.4 Å². The van der Waals surface area contributed by atoms with E-state index in [1.165, 1.54) is 6.08 Å². The summed E-state index contributed by atoms with van der Waals surface area (Å²) in [6, 6.07) is 21.2. The number of carbonyl (C=O) groups excluding carboxylic acids is 2. The van der Waals surface area contributed by atoms with Crippen molar-refractivity contribution < 1.29 is 19.1 Å². The zero-order valence-electron chi connectivity index (χ0n) is 18.6.